The van der Waals surface area contributed by atoms with E-state index in [0.717, 1.165) is 11.1 Å². The quantitative estimate of drug-likeness (QED) is 0.891. The minimum absolute atomic E-state index is 0.0937. The van der Waals surface area contributed by atoms with Crippen molar-refractivity contribution >= 4 is 17.5 Å². The van der Waals surface area contributed by atoms with Gasteiger partial charge in [-0.05, 0) is 48.7 Å². The van der Waals surface area contributed by atoms with Crippen molar-refractivity contribution in [1.29, 1.82) is 0 Å². The molecule has 2 N–H and O–H groups in total. The average Bonchev–Trinajstić information content (AvgIpc) is 2.51. The Balaban J connectivity index is 1.83. The molecule has 0 aromatic heterocycles. The Morgan fingerprint density at radius 3 is 2.43 bits per heavy atom. The fraction of sp³-hybridized carbons (Fsp3) is 0.222. The van der Waals surface area contributed by atoms with E-state index in [-0.39, 0.29) is 18.9 Å². The highest BCUT2D eigenvalue weighted by Crippen LogP contribution is 2.13. The van der Waals surface area contributed by atoms with Crippen molar-refractivity contribution in [3.63, 3.8) is 0 Å². The van der Waals surface area contributed by atoms with Crippen LogP contribution in [-0.2, 0) is 16.0 Å². The topological polar surface area (TPSA) is 58.2 Å². The van der Waals surface area contributed by atoms with Crippen LogP contribution in [0.15, 0.2) is 42.5 Å². The van der Waals surface area contributed by atoms with Crippen molar-refractivity contribution in [3.05, 3.63) is 65.0 Å². The van der Waals surface area contributed by atoms with Crippen LogP contribution in [0.1, 0.15) is 16.7 Å². The molecule has 0 bridgehead atoms. The first-order valence-electron chi connectivity index (χ1n) is 7.33. The van der Waals surface area contributed by atoms with Crippen LogP contribution in [-0.4, -0.2) is 18.4 Å². The molecule has 0 saturated heterocycles. The standard InChI is InChI=1S/C18H19FN2O2/c1-12-7-8-15(9-13(12)2)21-18(23)11-20-17(22)10-14-5-3-4-6-16(14)19/h3-9H,10-11H2,1-2H3,(H,20,22)(H,21,23). The summed E-state index contributed by atoms with van der Waals surface area (Å²) in [4.78, 5) is 23.6. The van der Waals surface area contributed by atoms with Gasteiger partial charge >= 0.3 is 0 Å². The number of halogens is 1. The minimum Gasteiger partial charge on any atom is -0.347 e. The molecule has 0 fully saturated rings. The molecule has 0 radical (unpaired) electrons. The number of hydrogen-bond acceptors (Lipinski definition) is 2. The molecule has 2 aromatic carbocycles. The molecule has 5 heteroatoms. The first-order valence-corrected chi connectivity index (χ1v) is 7.33. The molecule has 2 amide bonds. The lowest BCUT2D eigenvalue weighted by molar-refractivity contribution is -0.123. The lowest BCUT2D eigenvalue weighted by Gasteiger charge is -2.09. The molecule has 4 nitrogen and oxygen atoms in total. The molecule has 0 heterocycles. The van der Waals surface area contributed by atoms with E-state index in [1.165, 1.54) is 6.07 Å². The highest BCUT2D eigenvalue weighted by molar-refractivity contribution is 5.94. The van der Waals surface area contributed by atoms with Gasteiger partial charge in [0.25, 0.3) is 0 Å². The van der Waals surface area contributed by atoms with Crippen LogP contribution in [0.2, 0.25) is 0 Å². The molecule has 0 aliphatic carbocycles. The smallest absolute Gasteiger partial charge is 0.243 e. The van der Waals surface area contributed by atoms with Gasteiger partial charge in [0.05, 0.1) is 13.0 Å². The van der Waals surface area contributed by atoms with Gasteiger partial charge in [0.2, 0.25) is 11.8 Å². The van der Waals surface area contributed by atoms with Crippen LogP contribution >= 0.6 is 0 Å². The fourth-order valence-electron chi connectivity index (χ4n) is 2.08. The summed E-state index contributed by atoms with van der Waals surface area (Å²) in [7, 11) is 0. The number of rotatable bonds is 5. The van der Waals surface area contributed by atoms with E-state index in [4.69, 9.17) is 0 Å². The monoisotopic (exact) mass is 314 g/mol. The normalized spacial score (nSPS) is 10.2. The van der Waals surface area contributed by atoms with Crippen LogP contribution in [0, 0.1) is 19.7 Å². The van der Waals surface area contributed by atoms with Gasteiger partial charge in [-0.3, -0.25) is 9.59 Å². The number of nitrogens with one attached hydrogen (secondary N) is 2. The van der Waals surface area contributed by atoms with E-state index in [1.807, 2.05) is 26.0 Å². The summed E-state index contributed by atoms with van der Waals surface area (Å²) in [6.07, 6.45) is -0.0937. The number of anilines is 1. The first kappa shape index (κ1) is 16.7. The maximum absolute atomic E-state index is 13.4. The second kappa shape index (κ2) is 7.54. The Bertz CT molecular complexity index is 729. The zero-order valence-electron chi connectivity index (χ0n) is 13.2. The van der Waals surface area contributed by atoms with Gasteiger partial charge < -0.3 is 10.6 Å². The van der Waals surface area contributed by atoms with E-state index in [9.17, 15) is 14.0 Å². The van der Waals surface area contributed by atoms with Crippen LogP contribution in [0.3, 0.4) is 0 Å². The van der Waals surface area contributed by atoms with Gasteiger partial charge in [-0.15, -0.1) is 0 Å². The van der Waals surface area contributed by atoms with Gasteiger partial charge in [-0.2, -0.15) is 0 Å². The Hall–Kier alpha value is -2.69. The first-order chi connectivity index (χ1) is 11.0. The summed E-state index contributed by atoms with van der Waals surface area (Å²) < 4.78 is 13.4. The summed E-state index contributed by atoms with van der Waals surface area (Å²) in [6, 6.07) is 11.7. The van der Waals surface area contributed by atoms with Crippen LogP contribution in [0.25, 0.3) is 0 Å². The van der Waals surface area contributed by atoms with Gasteiger partial charge in [0, 0.05) is 5.69 Å². The summed E-state index contributed by atoms with van der Waals surface area (Å²) >= 11 is 0. The Morgan fingerprint density at radius 1 is 1.00 bits per heavy atom. The lowest BCUT2D eigenvalue weighted by atomic mass is 10.1. The van der Waals surface area contributed by atoms with E-state index >= 15 is 0 Å². The number of aryl methyl sites for hydroxylation is 2. The van der Waals surface area contributed by atoms with Crippen LogP contribution in [0.4, 0.5) is 10.1 Å². The van der Waals surface area contributed by atoms with E-state index in [1.54, 1.807) is 24.3 Å². The maximum atomic E-state index is 13.4. The highest BCUT2D eigenvalue weighted by atomic mass is 19.1. The van der Waals surface area contributed by atoms with Crippen LogP contribution < -0.4 is 10.6 Å². The van der Waals surface area contributed by atoms with E-state index in [2.05, 4.69) is 10.6 Å². The van der Waals surface area contributed by atoms with Crippen molar-refractivity contribution in [2.45, 2.75) is 20.3 Å². The van der Waals surface area contributed by atoms with Gasteiger partial charge in [0.15, 0.2) is 0 Å². The molecular weight excluding hydrogens is 295 g/mol. The second-order valence-corrected chi connectivity index (χ2v) is 5.39. The molecule has 23 heavy (non-hydrogen) atoms. The van der Waals surface area contributed by atoms with Crippen molar-refractivity contribution in [1.82, 2.24) is 5.32 Å². The maximum Gasteiger partial charge on any atom is 0.243 e. The van der Waals surface area contributed by atoms with Crippen molar-refractivity contribution in [2.24, 2.45) is 0 Å². The Morgan fingerprint density at radius 2 is 1.74 bits per heavy atom. The predicted octanol–water partition coefficient (Wildman–Crippen LogP) is 2.74. The molecule has 0 aliphatic heterocycles. The number of benzene rings is 2. The van der Waals surface area contributed by atoms with E-state index in [0.29, 0.717) is 11.3 Å². The second-order valence-electron chi connectivity index (χ2n) is 5.39. The van der Waals surface area contributed by atoms with Gasteiger partial charge in [-0.25, -0.2) is 4.39 Å². The molecule has 0 aliphatic rings. The molecule has 0 atom stereocenters. The van der Waals surface area contributed by atoms with Crippen molar-refractivity contribution < 1.29 is 14.0 Å². The number of hydrogen-bond donors (Lipinski definition) is 2. The zero-order chi connectivity index (χ0) is 16.8. The highest BCUT2D eigenvalue weighted by Gasteiger charge is 2.09. The van der Waals surface area contributed by atoms with Crippen molar-refractivity contribution in [3.8, 4) is 0 Å². The summed E-state index contributed by atoms with van der Waals surface area (Å²) in [5, 5.41) is 5.20. The fourth-order valence-corrected chi connectivity index (χ4v) is 2.08. The number of carbonyl (C=O) groups excluding carboxylic acids is 2. The summed E-state index contributed by atoms with van der Waals surface area (Å²) in [6.45, 7) is 3.80. The van der Waals surface area contributed by atoms with Gasteiger partial charge in [0.1, 0.15) is 5.82 Å². The SMILES string of the molecule is Cc1ccc(NC(=O)CNC(=O)Cc2ccccc2F)cc1C. The lowest BCUT2D eigenvalue weighted by Crippen LogP contribution is -2.33. The third kappa shape index (κ3) is 4.92. The summed E-state index contributed by atoms with van der Waals surface area (Å²) in [5.74, 6) is -1.15. The van der Waals surface area contributed by atoms with Crippen molar-refractivity contribution in [2.75, 3.05) is 11.9 Å². The minimum atomic E-state index is -0.428. The Labute approximate surface area is 134 Å². The largest absolute Gasteiger partial charge is 0.347 e. The Kier molecular flexibility index (Phi) is 5.46. The van der Waals surface area contributed by atoms with Crippen LogP contribution in [0.5, 0.6) is 0 Å². The number of carbonyl (C=O) groups is 2. The molecule has 120 valence electrons. The molecule has 2 rings (SSSR count). The molecule has 0 saturated carbocycles. The third-order valence-corrected chi connectivity index (χ3v) is 3.55. The molecule has 2 aromatic rings. The summed E-state index contributed by atoms with van der Waals surface area (Å²) in [5.41, 5.74) is 3.20. The number of amides is 2. The third-order valence-electron chi connectivity index (χ3n) is 3.55. The molecule has 0 unspecified atom stereocenters. The average molecular weight is 314 g/mol. The van der Waals surface area contributed by atoms with E-state index < -0.39 is 11.7 Å². The zero-order valence-corrected chi connectivity index (χ0v) is 13.2. The molecule has 0 spiro atoms. The molecular formula is C18H19FN2O2. The predicted molar refractivity (Wildman–Crippen MR) is 87.7 cm³/mol. The van der Waals surface area contributed by atoms with Gasteiger partial charge in [-0.1, -0.05) is 24.3 Å².